The number of rotatable bonds is 5. The number of morpholine rings is 1. The van der Waals surface area contributed by atoms with Gasteiger partial charge in [-0.25, -0.2) is 8.42 Å². The molecule has 0 atom stereocenters. The molecular weight excluding hydrogens is 348 g/mol. The van der Waals surface area contributed by atoms with Crippen LogP contribution in [0, 0.1) is 0 Å². The van der Waals surface area contributed by atoms with Crippen LogP contribution in [0.1, 0.15) is 18.6 Å². The third-order valence-electron chi connectivity index (χ3n) is 3.44. The van der Waals surface area contributed by atoms with Crippen LogP contribution in [0.4, 0.5) is 0 Å². The summed E-state index contributed by atoms with van der Waals surface area (Å²) in [6, 6.07) is 2.16. The number of nitrogens with zero attached hydrogens (tertiary/aromatic N) is 1. The predicted molar refractivity (Wildman–Crippen MR) is 75.8 cm³/mol. The van der Waals surface area contributed by atoms with Gasteiger partial charge in [-0.2, -0.15) is 4.31 Å². The first kappa shape index (κ1) is 14.5. The zero-order valence-electron chi connectivity index (χ0n) is 11.0. The SMILES string of the molecule is O=S(=O)(c1cc(CNC2CC2)oc1Br)N1CCOCC1. The van der Waals surface area contributed by atoms with Crippen LogP contribution in [0.2, 0.25) is 0 Å². The van der Waals surface area contributed by atoms with E-state index in [1.165, 1.54) is 17.1 Å². The summed E-state index contributed by atoms with van der Waals surface area (Å²) in [7, 11) is -3.51. The topological polar surface area (TPSA) is 71.8 Å². The van der Waals surface area contributed by atoms with Crippen LogP contribution in [0.3, 0.4) is 0 Å². The van der Waals surface area contributed by atoms with Gasteiger partial charge in [0.05, 0.1) is 19.8 Å². The third kappa shape index (κ3) is 3.09. The molecule has 1 aliphatic heterocycles. The summed E-state index contributed by atoms with van der Waals surface area (Å²) in [5.74, 6) is 0.635. The van der Waals surface area contributed by atoms with Crippen molar-refractivity contribution in [3.63, 3.8) is 0 Å². The van der Waals surface area contributed by atoms with Crippen LogP contribution in [-0.2, 0) is 21.3 Å². The molecule has 1 saturated carbocycles. The molecule has 3 rings (SSSR count). The summed E-state index contributed by atoms with van der Waals surface area (Å²) in [4.78, 5) is 0.201. The van der Waals surface area contributed by atoms with E-state index >= 15 is 0 Å². The number of nitrogens with one attached hydrogen (secondary N) is 1. The number of hydrogen-bond acceptors (Lipinski definition) is 5. The molecule has 6 nitrogen and oxygen atoms in total. The Bertz CT molecular complexity index is 576. The average molecular weight is 365 g/mol. The minimum atomic E-state index is -3.51. The third-order valence-corrected chi connectivity index (χ3v) is 6.19. The van der Waals surface area contributed by atoms with Crippen molar-refractivity contribution in [3.8, 4) is 0 Å². The fourth-order valence-corrected chi connectivity index (χ4v) is 4.49. The highest BCUT2D eigenvalue weighted by atomic mass is 79.9. The summed E-state index contributed by atoms with van der Waals surface area (Å²) >= 11 is 3.21. The molecule has 112 valence electrons. The molecule has 2 heterocycles. The Hall–Kier alpha value is -0.410. The summed E-state index contributed by atoms with van der Waals surface area (Å²) in [6.07, 6.45) is 2.36. The quantitative estimate of drug-likeness (QED) is 0.852. The molecule has 1 aromatic heterocycles. The first-order valence-corrected chi connectivity index (χ1v) is 8.90. The summed E-state index contributed by atoms with van der Waals surface area (Å²) in [5.41, 5.74) is 0. The number of sulfonamides is 1. The Kier molecular flexibility index (Phi) is 4.19. The second-order valence-corrected chi connectivity index (χ2v) is 7.65. The molecule has 1 aliphatic carbocycles. The second kappa shape index (κ2) is 5.76. The van der Waals surface area contributed by atoms with Gasteiger partial charge in [0, 0.05) is 25.2 Å². The Morgan fingerprint density at radius 3 is 2.70 bits per heavy atom. The zero-order chi connectivity index (χ0) is 14.2. The van der Waals surface area contributed by atoms with Gasteiger partial charge in [-0.15, -0.1) is 0 Å². The number of ether oxygens (including phenoxy) is 1. The van der Waals surface area contributed by atoms with E-state index in [1.807, 2.05) is 0 Å². The van der Waals surface area contributed by atoms with Crippen LogP contribution >= 0.6 is 15.9 Å². The maximum absolute atomic E-state index is 12.5. The van der Waals surface area contributed by atoms with Gasteiger partial charge < -0.3 is 14.5 Å². The molecule has 0 aromatic carbocycles. The van der Waals surface area contributed by atoms with Gasteiger partial charge in [-0.05, 0) is 28.8 Å². The molecule has 2 aliphatic rings. The molecule has 0 spiro atoms. The molecule has 1 aromatic rings. The van der Waals surface area contributed by atoms with Crippen molar-refractivity contribution in [3.05, 3.63) is 16.5 Å². The van der Waals surface area contributed by atoms with E-state index in [2.05, 4.69) is 21.2 Å². The Balaban J connectivity index is 1.77. The lowest BCUT2D eigenvalue weighted by Gasteiger charge is -2.25. The molecule has 8 heteroatoms. The van der Waals surface area contributed by atoms with Crippen LogP contribution in [-0.4, -0.2) is 45.1 Å². The van der Waals surface area contributed by atoms with Gasteiger partial charge in [0.15, 0.2) is 4.67 Å². The highest BCUT2D eigenvalue weighted by Crippen LogP contribution is 2.29. The van der Waals surface area contributed by atoms with E-state index in [0.717, 1.165) is 0 Å². The average Bonchev–Trinajstić information content (AvgIpc) is 3.20. The van der Waals surface area contributed by atoms with Crippen LogP contribution in [0.5, 0.6) is 0 Å². The second-order valence-electron chi connectivity index (χ2n) is 5.02. The molecule has 1 N–H and O–H groups in total. The van der Waals surface area contributed by atoms with Crippen LogP contribution < -0.4 is 5.32 Å². The minimum Gasteiger partial charge on any atom is -0.452 e. The van der Waals surface area contributed by atoms with E-state index < -0.39 is 10.0 Å². The fraction of sp³-hybridized carbons (Fsp3) is 0.667. The van der Waals surface area contributed by atoms with Crippen molar-refractivity contribution in [1.29, 1.82) is 0 Å². The van der Waals surface area contributed by atoms with E-state index in [1.54, 1.807) is 6.07 Å². The summed E-state index contributed by atoms with van der Waals surface area (Å²) in [5, 5.41) is 3.30. The first-order valence-electron chi connectivity index (χ1n) is 6.67. The number of halogens is 1. The van der Waals surface area contributed by atoms with Crippen molar-refractivity contribution in [2.24, 2.45) is 0 Å². The van der Waals surface area contributed by atoms with Crippen molar-refractivity contribution < 1.29 is 17.6 Å². The van der Waals surface area contributed by atoms with E-state index in [4.69, 9.17) is 9.15 Å². The van der Waals surface area contributed by atoms with Crippen LogP contribution in [0.15, 0.2) is 20.0 Å². The van der Waals surface area contributed by atoms with Gasteiger partial charge in [0.25, 0.3) is 0 Å². The molecule has 0 unspecified atom stereocenters. The Morgan fingerprint density at radius 2 is 2.05 bits per heavy atom. The zero-order valence-corrected chi connectivity index (χ0v) is 13.4. The number of furan rings is 1. The largest absolute Gasteiger partial charge is 0.452 e. The molecule has 1 saturated heterocycles. The van der Waals surface area contributed by atoms with E-state index in [-0.39, 0.29) is 9.56 Å². The highest BCUT2D eigenvalue weighted by Gasteiger charge is 2.31. The smallest absolute Gasteiger partial charge is 0.247 e. The van der Waals surface area contributed by atoms with E-state index in [9.17, 15) is 8.42 Å². The van der Waals surface area contributed by atoms with Gasteiger partial charge in [0.2, 0.25) is 10.0 Å². The summed E-state index contributed by atoms with van der Waals surface area (Å²) < 4.78 is 37.4. The molecule has 0 radical (unpaired) electrons. The molecular formula is C12H17BrN2O4S. The first-order chi connectivity index (χ1) is 9.57. The molecule has 20 heavy (non-hydrogen) atoms. The standard InChI is InChI=1S/C12H17BrN2O4S/c13-12-11(7-10(19-12)8-14-9-1-2-9)20(16,17)15-3-5-18-6-4-15/h7,9,14H,1-6,8H2. The van der Waals surface area contributed by atoms with Crippen LogP contribution in [0.25, 0.3) is 0 Å². The molecule has 2 fully saturated rings. The summed E-state index contributed by atoms with van der Waals surface area (Å²) in [6.45, 7) is 2.20. The van der Waals surface area contributed by atoms with Gasteiger partial charge in [-0.1, -0.05) is 0 Å². The van der Waals surface area contributed by atoms with Crippen molar-refractivity contribution in [2.75, 3.05) is 26.3 Å². The van der Waals surface area contributed by atoms with Gasteiger partial charge >= 0.3 is 0 Å². The monoisotopic (exact) mass is 364 g/mol. The van der Waals surface area contributed by atoms with Crippen molar-refractivity contribution >= 4 is 26.0 Å². The fourth-order valence-electron chi connectivity index (χ4n) is 2.12. The highest BCUT2D eigenvalue weighted by molar-refractivity contribution is 9.10. The lowest BCUT2D eigenvalue weighted by molar-refractivity contribution is 0.0730. The molecule has 0 bridgehead atoms. The Labute approximate surface area is 126 Å². The lowest BCUT2D eigenvalue weighted by atomic mass is 10.4. The van der Waals surface area contributed by atoms with Gasteiger partial charge in [-0.3, -0.25) is 0 Å². The Morgan fingerprint density at radius 1 is 1.35 bits per heavy atom. The van der Waals surface area contributed by atoms with Gasteiger partial charge in [0.1, 0.15) is 10.7 Å². The maximum Gasteiger partial charge on any atom is 0.247 e. The number of hydrogen-bond donors (Lipinski definition) is 1. The van der Waals surface area contributed by atoms with Crippen molar-refractivity contribution in [2.45, 2.75) is 30.3 Å². The maximum atomic E-state index is 12.5. The lowest BCUT2D eigenvalue weighted by Crippen LogP contribution is -2.40. The molecule has 0 amide bonds. The predicted octanol–water partition coefficient (Wildman–Crippen LogP) is 1.32. The normalized spacial score (nSPS) is 21.2. The van der Waals surface area contributed by atoms with E-state index in [0.29, 0.717) is 44.7 Å². The van der Waals surface area contributed by atoms with Crippen molar-refractivity contribution in [1.82, 2.24) is 9.62 Å². The minimum absolute atomic E-state index is 0.201.